The molecule has 2 aliphatic rings. The largest absolute Gasteiger partial charge is 0.383 e. The Morgan fingerprint density at radius 1 is 1.22 bits per heavy atom. The zero-order valence-electron chi connectivity index (χ0n) is 19.1. The van der Waals surface area contributed by atoms with Gasteiger partial charge >= 0.3 is 0 Å². The highest BCUT2D eigenvalue weighted by molar-refractivity contribution is 5.83. The fourth-order valence-electron chi connectivity index (χ4n) is 4.91. The molecule has 0 bridgehead atoms. The van der Waals surface area contributed by atoms with E-state index in [1.807, 2.05) is 12.3 Å². The topological polar surface area (TPSA) is 63.7 Å². The minimum atomic E-state index is -0.386. The number of rotatable bonds is 9. The second-order valence-corrected chi connectivity index (χ2v) is 9.17. The molecule has 0 unspecified atom stereocenters. The molecule has 1 atom stereocenters. The van der Waals surface area contributed by atoms with Crippen LogP contribution in [0, 0.1) is 11.3 Å². The smallest absolute Gasteiger partial charge is 0.226 e. The highest BCUT2D eigenvalue weighted by Crippen LogP contribution is 2.35. The van der Waals surface area contributed by atoms with Gasteiger partial charge in [0.15, 0.2) is 0 Å². The molecular weight excluding hydrogens is 402 g/mol. The molecule has 3 heterocycles. The molecule has 6 heteroatoms. The molecule has 2 fully saturated rings. The Bertz CT molecular complexity index is 850. The maximum atomic E-state index is 13.4. The van der Waals surface area contributed by atoms with E-state index in [-0.39, 0.29) is 11.3 Å². The van der Waals surface area contributed by atoms with Gasteiger partial charge in [-0.05, 0) is 60.9 Å². The van der Waals surface area contributed by atoms with Crippen molar-refractivity contribution in [2.24, 2.45) is 11.3 Å². The first-order valence-corrected chi connectivity index (χ1v) is 11.8. The Kier molecular flexibility index (Phi) is 7.90. The molecule has 0 spiro atoms. The van der Waals surface area contributed by atoms with Gasteiger partial charge in [-0.25, -0.2) is 0 Å². The Balaban J connectivity index is 1.37. The van der Waals surface area contributed by atoms with Gasteiger partial charge in [0, 0.05) is 52.4 Å². The Hall–Kier alpha value is -2.28. The van der Waals surface area contributed by atoms with Crippen LogP contribution >= 0.6 is 0 Å². The number of methoxy groups -OCH3 is 1. The van der Waals surface area contributed by atoms with Gasteiger partial charge in [-0.15, -0.1) is 0 Å². The minimum absolute atomic E-state index is 0.187. The van der Waals surface area contributed by atoms with E-state index >= 15 is 0 Å². The van der Waals surface area contributed by atoms with Crippen molar-refractivity contribution in [2.45, 2.75) is 25.7 Å². The molecule has 0 aliphatic carbocycles. The van der Waals surface area contributed by atoms with Crippen molar-refractivity contribution < 1.29 is 14.3 Å². The van der Waals surface area contributed by atoms with E-state index in [0.717, 1.165) is 69.6 Å². The molecule has 1 amide bonds. The van der Waals surface area contributed by atoms with Gasteiger partial charge in [0.05, 0.1) is 12.0 Å². The summed E-state index contributed by atoms with van der Waals surface area (Å²) in [6.07, 6.45) is 7.09. The summed E-state index contributed by atoms with van der Waals surface area (Å²) in [5.41, 5.74) is 3.06. The van der Waals surface area contributed by atoms with Crippen LogP contribution < -0.4 is 5.32 Å². The number of hydrogen-bond donors (Lipinski definition) is 1. The highest BCUT2D eigenvalue weighted by Gasteiger charge is 2.40. The van der Waals surface area contributed by atoms with Crippen LogP contribution in [-0.2, 0) is 20.7 Å². The lowest BCUT2D eigenvalue weighted by Crippen LogP contribution is -2.47. The van der Waals surface area contributed by atoms with Crippen molar-refractivity contribution in [2.75, 3.05) is 53.1 Å². The predicted octanol–water partition coefficient (Wildman–Crippen LogP) is 3.17. The monoisotopic (exact) mass is 437 g/mol. The summed E-state index contributed by atoms with van der Waals surface area (Å²) in [4.78, 5) is 20.0. The van der Waals surface area contributed by atoms with Crippen LogP contribution in [0.2, 0.25) is 0 Å². The average molecular weight is 438 g/mol. The van der Waals surface area contributed by atoms with Gasteiger partial charge in [-0.2, -0.15) is 0 Å². The summed E-state index contributed by atoms with van der Waals surface area (Å²) >= 11 is 0. The van der Waals surface area contributed by atoms with Crippen LogP contribution in [0.4, 0.5) is 0 Å². The van der Waals surface area contributed by atoms with Crippen LogP contribution in [-0.4, -0.2) is 68.9 Å². The summed E-state index contributed by atoms with van der Waals surface area (Å²) in [6.45, 7) is 5.91. The van der Waals surface area contributed by atoms with Crippen LogP contribution in [0.5, 0.6) is 0 Å². The number of benzene rings is 1. The van der Waals surface area contributed by atoms with Gasteiger partial charge < -0.3 is 19.7 Å². The Morgan fingerprint density at radius 3 is 2.75 bits per heavy atom. The van der Waals surface area contributed by atoms with Gasteiger partial charge in [-0.1, -0.05) is 30.3 Å². The third-order valence-electron chi connectivity index (χ3n) is 6.96. The normalized spacial score (nSPS) is 20.8. The third kappa shape index (κ3) is 5.74. The van der Waals surface area contributed by atoms with Crippen molar-refractivity contribution in [3.8, 4) is 11.1 Å². The molecule has 1 aromatic heterocycles. The number of amides is 1. The van der Waals surface area contributed by atoms with E-state index in [4.69, 9.17) is 9.47 Å². The minimum Gasteiger partial charge on any atom is -0.383 e. The standard InChI is InChI=1S/C26H35N3O3/c1-31-16-13-29-12-8-22(20-29)18-28-25(30)26(9-14-32-15-10-26)17-21-4-6-23(7-5-21)24-3-2-11-27-19-24/h2-7,11,19,22H,8-10,12-18,20H2,1H3,(H,28,30)/t22-/m1/s1. The first kappa shape index (κ1) is 22.9. The quantitative estimate of drug-likeness (QED) is 0.653. The van der Waals surface area contributed by atoms with Gasteiger partial charge in [-0.3, -0.25) is 9.78 Å². The van der Waals surface area contributed by atoms with Crippen molar-refractivity contribution >= 4 is 5.91 Å². The van der Waals surface area contributed by atoms with Crippen molar-refractivity contribution in [3.05, 3.63) is 54.4 Å². The second kappa shape index (κ2) is 11.0. The fraction of sp³-hybridized carbons (Fsp3) is 0.538. The van der Waals surface area contributed by atoms with Crippen LogP contribution in [0.25, 0.3) is 11.1 Å². The maximum absolute atomic E-state index is 13.4. The maximum Gasteiger partial charge on any atom is 0.226 e. The lowest BCUT2D eigenvalue weighted by atomic mass is 9.74. The fourth-order valence-corrected chi connectivity index (χ4v) is 4.91. The number of ether oxygens (including phenoxy) is 2. The number of nitrogens with one attached hydrogen (secondary N) is 1. The van der Waals surface area contributed by atoms with E-state index in [1.54, 1.807) is 13.3 Å². The zero-order valence-corrected chi connectivity index (χ0v) is 19.1. The Labute approximate surface area is 191 Å². The molecule has 6 nitrogen and oxygen atoms in total. The van der Waals surface area contributed by atoms with Crippen LogP contribution in [0.15, 0.2) is 48.8 Å². The Morgan fingerprint density at radius 2 is 2.03 bits per heavy atom. The number of likely N-dealkylation sites (tertiary alicyclic amines) is 1. The zero-order chi connectivity index (χ0) is 22.2. The lowest BCUT2D eigenvalue weighted by molar-refractivity contribution is -0.136. The lowest BCUT2D eigenvalue weighted by Gasteiger charge is -2.36. The molecule has 1 N–H and O–H groups in total. The number of aromatic nitrogens is 1. The van der Waals surface area contributed by atoms with Crippen LogP contribution in [0.1, 0.15) is 24.8 Å². The molecule has 2 saturated heterocycles. The number of carbonyl (C=O) groups is 1. The number of carbonyl (C=O) groups excluding carboxylic acids is 1. The van der Waals surface area contributed by atoms with E-state index in [2.05, 4.69) is 45.5 Å². The van der Waals surface area contributed by atoms with E-state index < -0.39 is 0 Å². The molecule has 172 valence electrons. The number of pyridine rings is 1. The molecule has 0 radical (unpaired) electrons. The summed E-state index contributed by atoms with van der Waals surface area (Å²) < 4.78 is 10.8. The summed E-state index contributed by atoms with van der Waals surface area (Å²) in [7, 11) is 1.74. The van der Waals surface area contributed by atoms with Crippen molar-refractivity contribution in [1.82, 2.24) is 15.2 Å². The highest BCUT2D eigenvalue weighted by atomic mass is 16.5. The first-order chi connectivity index (χ1) is 15.7. The van der Waals surface area contributed by atoms with Gasteiger partial charge in [0.2, 0.25) is 5.91 Å². The molecule has 0 saturated carbocycles. The summed E-state index contributed by atoms with van der Waals surface area (Å²) in [6, 6.07) is 12.6. The van der Waals surface area contributed by atoms with E-state index in [1.165, 1.54) is 5.56 Å². The predicted molar refractivity (Wildman–Crippen MR) is 125 cm³/mol. The van der Waals surface area contributed by atoms with Crippen LogP contribution in [0.3, 0.4) is 0 Å². The van der Waals surface area contributed by atoms with Gasteiger partial charge in [0.25, 0.3) is 0 Å². The van der Waals surface area contributed by atoms with E-state index in [9.17, 15) is 4.79 Å². The number of hydrogen-bond acceptors (Lipinski definition) is 5. The summed E-state index contributed by atoms with van der Waals surface area (Å²) in [5.74, 6) is 0.707. The molecule has 1 aromatic carbocycles. The molecule has 32 heavy (non-hydrogen) atoms. The summed E-state index contributed by atoms with van der Waals surface area (Å²) in [5, 5.41) is 3.31. The van der Waals surface area contributed by atoms with E-state index in [0.29, 0.717) is 19.1 Å². The molecule has 4 rings (SSSR count). The first-order valence-electron chi connectivity index (χ1n) is 11.8. The van der Waals surface area contributed by atoms with Crippen molar-refractivity contribution in [3.63, 3.8) is 0 Å². The third-order valence-corrected chi connectivity index (χ3v) is 6.96. The average Bonchev–Trinajstić information content (AvgIpc) is 3.30. The van der Waals surface area contributed by atoms with Gasteiger partial charge in [0.1, 0.15) is 0 Å². The van der Waals surface area contributed by atoms with Crippen molar-refractivity contribution in [1.29, 1.82) is 0 Å². The molecule has 2 aromatic rings. The SMILES string of the molecule is COCCN1CC[C@H](CNC(=O)C2(Cc3ccc(-c4cccnc4)cc3)CCOCC2)C1. The molecule has 2 aliphatic heterocycles. The second-order valence-electron chi connectivity index (χ2n) is 9.17. The molecular formula is C26H35N3O3. The number of nitrogens with zero attached hydrogens (tertiary/aromatic N) is 2.